The number of hydrogen-bond acceptors (Lipinski definition) is 4. The summed E-state index contributed by atoms with van der Waals surface area (Å²) in [6.07, 6.45) is 6.34. The number of rotatable bonds is 5. The Hall–Kier alpha value is -2.08. The molecule has 0 aliphatic carbocycles. The summed E-state index contributed by atoms with van der Waals surface area (Å²) < 4.78 is 27.3. The summed E-state index contributed by atoms with van der Waals surface area (Å²) in [7, 11) is -3.57. The molecule has 6 heteroatoms. The van der Waals surface area contributed by atoms with Crippen molar-refractivity contribution in [3.63, 3.8) is 0 Å². The molecule has 5 nitrogen and oxygen atoms in total. The van der Waals surface area contributed by atoms with Crippen molar-refractivity contribution >= 4 is 21.5 Å². The Morgan fingerprint density at radius 1 is 1.17 bits per heavy atom. The molecular weight excluding hydrogens is 322 g/mol. The van der Waals surface area contributed by atoms with Gasteiger partial charge in [0.2, 0.25) is 0 Å². The molecule has 1 unspecified atom stereocenters. The summed E-state index contributed by atoms with van der Waals surface area (Å²) in [4.78, 5) is 7.06. The Balaban J connectivity index is 1.75. The van der Waals surface area contributed by atoms with Gasteiger partial charge in [0.15, 0.2) is 0 Å². The molecule has 2 aromatic rings. The molecular formula is C18H23N3O2S. The lowest BCUT2D eigenvalue weighted by atomic mass is 10.00. The van der Waals surface area contributed by atoms with Crippen molar-refractivity contribution in [3.8, 4) is 0 Å². The maximum Gasteiger partial charge on any atom is 0.261 e. The molecule has 1 saturated heterocycles. The van der Waals surface area contributed by atoms with Crippen LogP contribution in [-0.4, -0.2) is 26.0 Å². The Morgan fingerprint density at radius 2 is 1.96 bits per heavy atom. The lowest BCUT2D eigenvalue weighted by Crippen LogP contribution is -2.39. The van der Waals surface area contributed by atoms with Gasteiger partial charge in [-0.05, 0) is 49.9 Å². The minimum absolute atomic E-state index is 0.246. The van der Waals surface area contributed by atoms with Crippen molar-refractivity contribution in [3.05, 3.63) is 48.7 Å². The molecule has 128 valence electrons. The largest absolute Gasteiger partial charge is 0.354 e. The molecule has 1 aromatic carbocycles. The van der Waals surface area contributed by atoms with E-state index >= 15 is 0 Å². The molecule has 0 saturated carbocycles. The number of benzene rings is 1. The van der Waals surface area contributed by atoms with Gasteiger partial charge in [-0.3, -0.25) is 4.72 Å². The van der Waals surface area contributed by atoms with E-state index in [4.69, 9.17) is 0 Å². The van der Waals surface area contributed by atoms with Crippen LogP contribution in [0.2, 0.25) is 0 Å². The first-order chi connectivity index (χ1) is 11.6. The smallest absolute Gasteiger partial charge is 0.261 e. The Bertz CT molecular complexity index is 761. The number of pyridine rings is 1. The van der Waals surface area contributed by atoms with Crippen molar-refractivity contribution in [2.24, 2.45) is 0 Å². The van der Waals surface area contributed by atoms with Crippen molar-refractivity contribution in [2.45, 2.75) is 43.5 Å². The van der Waals surface area contributed by atoms with Gasteiger partial charge in [0, 0.05) is 12.6 Å². The number of anilines is 2. The van der Waals surface area contributed by atoms with Gasteiger partial charge in [0.05, 0.1) is 16.8 Å². The van der Waals surface area contributed by atoms with Gasteiger partial charge in [0.25, 0.3) is 10.0 Å². The number of nitrogens with zero attached hydrogens (tertiary/aromatic N) is 2. The minimum Gasteiger partial charge on any atom is -0.354 e. The van der Waals surface area contributed by atoms with E-state index < -0.39 is 10.0 Å². The summed E-state index contributed by atoms with van der Waals surface area (Å²) in [5.41, 5.74) is 0.479. The zero-order valence-corrected chi connectivity index (χ0v) is 14.7. The van der Waals surface area contributed by atoms with Crippen LogP contribution in [0.3, 0.4) is 0 Å². The molecule has 3 rings (SSSR count). The van der Waals surface area contributed by atoms with Gasteiger partial charge < -0.3 is 4.90 Å². The summed E-state index contributed by atoms with van der Waals surface area (Å²) >= 11 is 0. The second-order valence-corrected chi connectivity index (χ2v) is 7.76. The van der Waals surface area contributed by atoms with Crippen molar-refractivity contribution in [1.82, 2.24) is 4.98 Å². The van der Waals surface area contributed by atoms with Gasteiger partial charge in [-0.25, -0.2) is 13.4 Å². The summed E-state index contributed by atoms with van der Waals surface area (Å²) in [5, 5.41) is 0. The molecule has 1 fully saturated rings. The van der Waals surface area contributed by atoms with Gasteiger partial charge in [-0.2, -0.15) is 0 Å². The van der Waals surface area contributed by atoms with Crippen molar-refractivity contribution < 1.29 is 8.42 Å². The first-order valence-electron chi connectivity index (χ1n) is 8.41. The third-order valence-electron chi connectivity index (χ3n) is 4.45. The zero-order chi connectivity index (χ0) is 17.0. The zero-order valence-electron chi connectivity index (χ0n) is 13.9. The Morgan fingerprint density at radius 3 is 2.62 bits per heavy atom. The van der Waals surface area contributed by atoms with E-state index in [1.807, 2.05) is 6.07 Å². The number of hydrogen-bond donors (Lipinski definition) is 1. The molecule has 1 N–H and O–H groups in total. The fraction of sp³-hybridized carbons (Fsp3) is 0.389. The van der Waals surface area contributed by atoms with E-state index in [0.717, 1.165) is 18.8 Å². The predicted molar refractivity (Wildman–Crippen MR) is 96.8 cm³/mol. The molecule has 24 heavy (non-hydrogen) atoms. The van der Waals surface area contributed by atoms with Gasteiger partial charge in [0.1, 0.15) is 5.82 Å². The fourth-order valence-corrected chi connectivity index (χ4v) is 4.22. The van der Waals surface area contributed by atoms with Gasteiger partial charge >= 0.3 is 0 Å². The standard InChI is InChI=1S/C18H23N3O2S/c1-2-16-8-6-7-13-21(16)18-12-11-15(14-19-18)20-24(22,23)17-9-4-3-5-10-17/h3-5,9-12,14,16,20H,2,6-8,13H2,1H3. The van der Waals surface area contributed by atoms with Gasteiger partial charge in [-0.1, -0.05) is 25.1 Å². The number of nitrogens with one attached hydrogen (secondary N) is 1. The normalized spacial score (nSPS) is 18.4. The lowest BCUT2D eigenvalue weighted by Gasteiger charge is -2.36. The monoisotopic (exact) mass is 345 g/mol. The predicted octanol–water partition coefficient (Wildman–Crippen LogP) is 3.65. The van der Waals surface area contributed by atoms with E-state index in [1.165, 1.54) is 19.3 Å². The first-order valence-corrected chi connectivity index (χ1v) is 9.89. The average molecular weight is 345 g/mol. The van der Waals surface area contributed by atoms with Crippen LogP contribution >= 0.6 is 0 Å². The SMILES string of the molecule is CCC1CCCCN1c1ccc(NS(=O)(=O)c2ccccc2)cn1. The average Bonchev–Trinajstić information content (AvgIpc) is 2.63. The number of aromatic nitrogens is 1. The van der Waals surface area contributed by atoms with Crippen molar-refractivity contribution in [1.29, 1.82) is 0 Å². The molecule has 0 amide bonds. The van der Waals surface area contributed by atoms with Crippen LogP contribution in [0, 0.1) is 0 Å². The van der Waals surface area contributed by atoms with Crippen LogP contribution in [0.15, 0.2) is 53.6 Å². The highest BCUT2D eigenvalue weighted by Gasteiger charge is 2.22. The molecule has 0 spiro atoms. The Labute approximate surface area is 143 Å². The topological polar surface area (TPSA) is 62.3 Å². The lowest BCUT2D eigenvalue weighted by molar-refractivity contribution is 0.447. The van der Waals surface area contributed by atoms with Crippen LogP contribution < -0.4 is 9.62 Å². The third kappa shape index (κ3) is 3.70. The maximum absolute atomic E-state index is 12.3. The molecule has 2 heterocycles. The molecule has 1 aliphatic heterocycles. The maximum atomic E-state index is 12.3. The van der Waals surface area contributed by atoms with Crippen LogP contribution in [-0.2, 0) is 10.0 Å². The van der Waals surface area contributed by atoms with E-state index in [1.54, 1.807) is 42.6 Å². The summed E-state index contributed by atoms with van der Waals surface area (Å²) in [5.74, 6) is 0.921. The highest BCUT2D eigenvalue weighted by molar-refractivity contribution is 7.92. The van der Waals surface area contributed by atoms with Crippen LogP contribution in [0.4, 0.5) is 11.5 Å². The Kier molecular flexibility index (Phi) is 5.04. The molecule has 1 aromatic heterocycles. The van der Waals surface area contributed by atoms with E-state index in [2.05, 4.69) is 21.5 Å². The first kappa shape index (κ1) is 16.8. The van der Waals surface area contributed by atoms with E-state index in [0.29, 0.717) is 11.7 Å². The van der Waals surface area contributed by atoms with Crippen molar-refractivity contribution in [2.75, 3.05) is 16.2 Å². The molecule has 0 bridgehead atoms. The van der Waals surface area contributed by atoms with E-state index in [-0.39, 0.29) is 4.90 Å². The summed E-state index contributed by atoms with van der Waals surface area (Å²) in [6, 6.07) is 12.6. The third-order valence-corrected chi connectivity index (χ3v) is 5.84. The van der Waals surface area contributed by atoms with Gasteiger partial charge in [-0.15, -0.1) is 0 Å². The molecule has 1 aliphatic rings. The van der Waals surface area contributed by atoms with Crippen LogP contribution in [0.1, 0.15) is 32.6 Å². The highest BCUT2D eigenvalue weighted by Crippen LogP contribution is 2.26. The fourth-order valence-electron chi connectivity index (χ4n) is 3.16. The van der Waals surface area contributed by atoms with E-state index in [9.17, 15) is 8.42 Å². The second kappa shape index (κ2) is 7.21. The van der Waals surface area contributed by atoms with Crippen LogP contribution in [0.25, 0.3) is 0 Å². The minimum atomic E-state index is -3.57. The molecule has 0 radical (unpaired) electrons. The highest BCUT2D eigenvalue weighted by atomic mass is 32.2. The van der Waals surface area contributed by atoms with Crippen LogP contribution in [0.5, 0.6) is 0 Å². The number of piperidine rings is 1. The summed E-state index contributed by atoms with van der Waals surface area (Å²) in [6.45, 7) is 3.21. The quantitative estimate of drug-likeness (QED) is 0.898. The molecule has 1 atom stereocenters. The second-order valence-electron chi connectivity index (χ2n) is 6.07. The number of sulfonamides is 1.